The number of phenolic OH excluding ortho intramolecular Hbond substituents is 3. The largest absolute Gasteiger partial charge is 0.508 e. The quantitative estimate of drug-likeness (QED) is 0.0214. The average Bonchev–Trinajstić information content (AvgIpc) is 1.53. The minimum absolute atomic E-state index is 0.0376. The van der Waals surface area contributed by atoms with Gasteiger partial charge < -0.3 is 67.4 Å². The highest BCUT2D eigenvalue weighted by molar-refractivity contribution is 5.93. The third kappa shape index (κ3) is 32.0. The van der Waals surface area contributed by atoms with Crippen LogP contribution in [0.3, 0.4) is 0 Å². The topological polar surface area (TPSA) is 271 Å². The fraction of sp³-hybridized carbons (Fsp3) is 0.552. The molecule has 744 valence electrons. The number of carbonyl (C=O) groups is 5. The number of nitrogens with zero attached hydrogens (tertiary/aromatic N) is 1. The van der Waals surface area contributed by atoms with Crippen LogP contribution in [0.4, 0.5) is 0 Å². The monoisotopic (exact) mass is 1870 g/mol. The molecule has 14 rings (SSSR count). The first-order chi connectivity index (χ1) is 64.4. The molecule has 4 saturated carbocycles. The minimum atomic E-state index is -0.964. The second-order valence-corrected chi connectivity index (χ2v) is 41.0. The van der Waals surface area contributed by atoms with Gasteiger partial charge in [-0.3, -0.25) is 19.2 Å². The van der Waals surface area contributed by atoms with Crippen LogP contribution < -0.4 is 18.9 Å². The summed E-state index contributed by atoms with van der Waals surface area (Å²) in [6.45, 7) is 52.5. The molecular weight excluding hydrogens is 1710 g/mol. The summed E-state index contributed by atoms with van der Waals surface area (Å²) in [5, 5.41) is 38.1. The molecule has 20 unspecified atom stereocenters. The van der Waals surface area contributed by atoms with Gasteiger partial charge in [0.05, 0.1) is 23.8 Å². The van der Waals surface area contributed by atoms with Crippen LogP contribution in [0.15, 0.2) is 182 Å². The number of fused-ring (bicyclic) bond motifs is 3. The number of hydrogen-bond donors (Lipinski definition) is 3. The molecule has 4 bridgehead atoms. The van der Waals surface area contributed by atoms with Crippen molar-refractivity contribution in [3.63, 3.8) is 0 Å². The van der Waals surface area contributed by atoms with Crippen LogP contribution in [-0.2, 0) is 63.7 Å². The molecule has 20 nitrogen and oxygen atoms in total. The fourth-order valence-electron chi connectivity index (χ4n) is 17.3. The number of nitriles is 1. The predicted molar refractivity (Wildman–Crippen MR) is 540 cm³/mol. The van der Waals surface area contributed by atoms with E-state index in [1.165, 1.54) is 33.4 Å². The zero-order valence-electron chi connectivity index (χ0n) is 86.5. The van der Waals surface area contributed by atoms with E-state index < -0.39 is 29.1 Å². The lowest BCUT2D eigenvalue weighted by atomic mass is 9.74. The molecule has 3 N–H and O–H groups in total. The lowest BCUT2D eigenvalue weighted by Gasteiger charge is -2.29. The van der Waals surface area contributed by atoms with Gasteiger partial charge in [0.25, 0.3) is 0 Å². The first-order valence-electron chi connectivity index (χ1n) is 49.7. The number of esters is 5. The van der Waals surface area contributed by atoms with Crippen molar-refractivity contribution in [2.75, 3.05) is 20.8 Å². The van der Waals surface area contributed by atoms with E-state index in [0.29, 0.717) is 83.4 Å². The van der Waals surface area contributed by atoms with Gasteiger partial charge in [0.15, 0.2) is 12.0 Å². The molecule has 0 spiro atoms. The number of benzene rings is 8. The van der Waals surface area contributed by atoms with E-state index in [-0.39, 0.29) is 95.8 Å². The van der Waals surface area contributed by atoms with E-state index in [2.05, 4.69) is 179 Å². The molecule has 136 heavy (non-hydrogen) atoms. The Hall–Kier alpha value is -10.6. The molecule has 20 atom stereocenters. The smallest absolute Gasteiger partial charge is 0.344 e. The number of methoxy groups -OCH3 is 2. The lowest BCUT2D eigenvalue weighted by molar-refractivity contribution is -0.165. The Balaban J connectivity index is 0.000000217. The SMILES string of the molecule is CCC(C)C(=O)OC1C2CC3C(=O)OC1C3C2.CCC(C)C(=O)OC1C2CC3C1OC(=O)C3(C#N)C2.CCC(C)c1ccc(COc2cccc3c(OCC(=O)OC(C)(C)C)cccc23)cc1.CCC(C)c1ccc(O)cc1.CCC(C)c1ccc(O)cc1.CCC(C)c1ccc(O)cc1.CCC(C)c1ccc(OC(OC)C(C)(C)C)cc1.CCC(C)c1ccc(OC(OC)C(C)(C)C)cc1. The molecule has 0 aromatic heterocycles. The van der Waals surface area contributed by atoms with Crippen LogP contribution in [0.2, 0.25) is 0 Å². The molecule has 2 heterocycles. The highest BCUT2D eigenvalue weighted by atomic mass is 16.7. The van der Waals surface area contributed by atoms with Crippen LogP contribution >= 0.6 is 0 Å². The highest BCUT2D eigenvalue weighted by Gasteiger charge is 2.72. The Morgan fingerprint density at radius 3 is 1.13 bits per heavy atom. The number of hydrogen-bond acceptors (Lipinski definition) is 20. The molecule has 0 radical (unpaired) electrons. The van der Waals surface area contributed by atoms with Crippen LogP contribution in [0.25, 0.3) is 10.8 Å². The number of phenols is 3. The van der Waals surface area contributed by atoms with E-state index in [4.69, 9.17) is 67.4 Å². The molecule has 2 aliphatic heterocycles. The summed E-state index contributed by atoms with van der Waals surface area (Å²) in [4.78, 5) is 59.1. The van der Waals surface area contributed by atoms with Gasteiger partial charge in [-0.15, -0.1) is 0 Å². The zero-order valence-corrected chi connectivity index (χ0v) is 86.5. The maximum atomic E-state index is 12.0. The first kappa shape index (κ1) is 112. The first-order valence-corrected chi connectivity index (χ1v) is 49.7. The Labute approximate surface area is 813 Å². The van der Waals surface area contributed by atoms with Gasteiger partial charge in [-0.2, -0.15) is 5.26 Å². The van der Waals surface area contributed by atoms with E-state index in [9.17, 15) is 29.2 Å². The molecule has 8 aromatic rings. The van der Waals surface area contributed by atoms with Crippen molar-refractivity contribution >= 4 is 40.6 Å². The van der Waals surface area contributed by atoms with Gasteiger partial charge in [-0.25, -0.2) is 4.79 Å². The van der Waals surface area contributed by atoms with Crippen molar-refractivity contribution < 1.29 is 91.4 Å². The average molecular weight is 1870 g/mol. The van der Waals surface area contributed by atoms with Crippen LogP contribution in [0, 0.1) is 69.0 Å². The molecule has 8 aromatic carbocycles. The Morgan fingerprint density at radius 2 is 0.794 bits per heavy atom. The maximum absolute atomic E-state index is 12.0. The highest BCUT2D eigenvalue weighted by Crippen LogP contribution is 2.62. The second-order valence-electron chi connectivity index (χ2n) is 41.0. The molecule has 20 heteroatoms. The van der Waals surface area contributed by atoms with Crippen molar-refractivity contribution in [1.82, 2.24) is 0 Å². The number of carbonyl (C=O) groups excluding carboxylic acids is 5. The lowest BCUT2D eigenvalue weighted by Crippen LogP contribution is -2.40. The molecule has 0 amide bonds. The van der Waals surface area contributed by atoms with Crippen molar-refractivity contribution in [1.29, 1.82) is 5.26 Å². The Kier molecular flexibility index (Phi) is 43.6. The molecule has 2 saturated heterocycles. The molecule has 4 aliphatic carbocycles. The van der Waals surface area contributed by atoms with E-state index in [1.54, 1.807) is 50.6 Å². The maximum Gasteiger partial charge on any atom is 0.344 e. The third-order valence-corrected chi connectivity index (χ3v) is 27.6. The van der Waals surface area contributed by atoms with Crippen molar-refractivity contribution in [3.05, 3.63) is 221 Å². The number of ether oxygens (including phenoxy) is 11. The van der Waals surface area contributed by atoms with Crippen molar-refractivity contribution in [3.8, 4) is 46.3 Å². The van der Waals surface area contributed by atoms with Gasteiger partial charge >= 0.3 is 29.8 Å². The number of aromatic hydroxyl groups is 3. The third-order valence-electron chi connectivity index (χ3n) is 27.6. The molecule has 6 fully saturated rings. The summed E-state index contributed by atoms with van der Waals surface area (Å²) in [5.41, 5.74) is 7.50. The number of rotatable bonds is 30. The van der Waals surface area contributed by atoms with Crippen molar-refractivity contribution in [2.24, 2.45) is 57.7 Å². The van der Waals surface area contributed by atoms with E-state index >= 15 is 0 Å². The zero-order chi connectivity index (χ0) is 101. The fourth-order valence-corrected chi connectivity index (χ4v) is 17.3. The van der Waals surface area contributed by atoms with Gasteiger partial charge in [-0.05, 0) is 245 Å². The van der Waals surface area contributed by atoms with Crippen LogP contribution in [0.1, 0.15) is 325 Å². The predicted octanol–water partition coefficient (Wildman–Crippen LogP) is 27.5. The standard InChI is InChI=1S/C27H32O4.2C16H26O2.C14H17NO4.C13H18O4.3C10H14O/c1-6-19(2)21-15-13-20(14-16-21)17-29-24-11-7-10-23-22(24)9-8-12-25(23)30-18-26(28)31-27(3,4)5;2*1-7-12(2)13-8-10-14(11-9-13)18-15(17-6)16(3,4)5;1-3-7(2)12(16)18-10-8-4-9-11(10)19-13(17)14(9,5-8)6-15;1-3-6(2)12(14)16-10-7-4-8-9(5-7)13(15)17-11(8)10;3*1-3-8(2)9-4-6-10(11)7-5-9/h7-16,19H,6,17-18H2,1-5H3;2*8-12,15H,7H2,1-6H3;7-11H,3-5H2,1-2H3;6-11H,3-5H2,1-2H3;3*4-8,11H,3H2,1-2H3. The van der Waals surface area contributed by atoms with Gasteiger partial charge in [0.1, 0.15) is 76.9 Å². The van der Waals surface area contributed by atoms with Crippen molar-refractivity contribution in [2.45, 2.75) is 335 Å². The van der Waals surface area contributed by atoms with Gasteiger partial charge in [0.2, 0.25) is 12.6 Å². The van der Waals surface area contributed by atoms with E-state index in [1.807, 2.05) is 146 Å². The normalized spacial score (nSPS) is 21.6. The van der Waals surface area contributed by atoms with Gasteiger partial charge in [-0.1, -0.05) is 262 Å². The molecule has 6 aliphatic rings. The second kappa shape index (κ2) is 52.8. The van der Waals surface area contributed by atoms with Gasteiger partial charge in [0, 0.05) is 59.5 Å². The molecular formula is C116H161NO19. The summed E-state index contributed by atoms with van der Waals surface area (Å²) in [7, 11) is 3.37. The summed E-state index contributed by atoms with van der Waals surface area (Å²) in [6, 6.07) is 61.3. The Morgan fingerprint density at radius 1 is 0.441 bits per heavy atom. The van der Waals surface area contributed by atoms with Crippen LogP contribution in [0.5, 0.6) is 40.2 Å². The summed E-state index contributed by atoms with van der Waals surface area (Å²) >= 11 is 0. The van der Waals surface area contributed by atoms with Crippen LogP contribution in [-0.4, -0.2) is 109 Å². The minimum Gasteiger partial charge on any atom is -0.508 e. The summed E-state index contributed by atoms with van der Waals surface area (Å²) < 4.78 is 61.5. The summed E-state index contributed by atoms with van der Waals surface area (Å²) in [6.07, 6.45) is 9.90. The van der Waals surface area contributed by atoms with E-state index in [0.717, 1.165) is 104 Å². The Bertz CT molecular complexity index is 4810. The summed E-state index contributed by atoms with van der Waals surface area (Å²) in [5.74, 6) is 6.97.